The van der Waals surface area contributed by atoms with Crippen molar-refractivity contribution in [3.8, 4) is 5.06 Å². The molecular weight excluding hydrogens is 514 g/mol. The van der Waals surface area contributed by atoms with E-state index in [0.29, 0.717) is 40.1 Å². The summed E-state index contributed by atoms with van der Waals surface area (Å²) in [6.07, 6.45) is -3.31. The van der Waals surface area contributed by atoms with Crippen molar-refractivity contribution >= 4 is 52.0 Å². The summed E-state index contributed by atoms with van der Waals surface area (Å²) >= 11 is 13.0. The topological polar surface area (TPSA) is 70.7 Å². The number of likely N-dealkylation sites (tertiary alicyclic amines) is 1. The maximum atomic E-state index is 12.5. The fourth-order valence-electron chi connectivity index (χ4n) is 3.68. The first-order valence-electron chi connectivity index (χ1n) is 10.5. The van der Waals surface area contributed by atoms with E-state index >= 15 is 0 Å². The summed E-state index contributed by atoms with van der Waals surface area (Å²) in [7, 11) is 0. The van der Waals surface area contributed by atoms with Gasteiger partial charge in [0.25, 0.3) is 0 Å². The molecule has 2 N–H and O–H groups in total. The lowest BCUT2D eigenvalue weighted by Gasteiger charge is -2.17. The molecule has 3 rings (SSSR count). The van der Waals surface area contributed by atoms with Crippen LogP contribution in [0.5, 0.6) is 5.06 Å². The van der Waals surface area contributed by atoms with Crippen molar-refractivity contribution in [1.82, 2.24) is 10.2 Å². The van der Waals surface area contributed by atoms with Crippen molar-refractivity contribution in [3.05, 3.63) is 45.3 Å². The number of carbonyl (C=O) groups is 2. The fraction of sp³-hybridized carbons (Fsp3) is 0.455. The summed E-state index contributed by atoms with van der Waals surface area (Å²) in [6.45, 7) is 1.91. The van der Waals surface area contributed by atoms with Gasteiger partial charge in [-0.1, -0.05) is 23.2 Å². The largest absolute Gasteiger partial charge is 0.475 e. The molecule has 0 spiro atoms. The van der Waals surface area contributed by atoms with Crippen molar-refractivity contribution in [1.29, 1.82) is 0 Å². The minimum absolute atomic E-state index is 0.106. The highest BCUT2D eigenvalue weighted by Crippen LogP contribution is 2.31. The minimum atomic E-state index is -4.40. The first-order chi connectivity index (χ1) is 16.0. The summed E-state index contributed by atoms with van der Waals surface area (Å²) < 4.78 is 41.6. The first kappa shape index (κ1) is 26.6. The molecule has 2 amide bonds. The van der Waals surface area contributed by atoms with E-state index in [-0.39, 0.29) is 35.4 Å². The molecule has 0 radical (unpaired) electrons. The average molecular weight is 538 g/mol. The number of carbonyl (C=O) groups excluding carboxylic acids is 2. The molecule has 186 valence electrons. The summed E-state index contributed by atoms with van der Waals surface area (Å²) in [6, 6.07) is 7.56. The summed E-state index contributed by atoms with van der Waals surface area (Å²) in [5.41, 5.74) is 0.521. The monoisotopic (exact) mass is 537 g/mol. The van der Waals surface area contributed by atoms with E-state index in [0.717, 1.165) is 17.8 Å². The summed E-state index contributed by atoms with van der Waals surface area (Å²) in [5, 5.41) is 6.65. The number of hydrogen-bond donors (Lipinski definition) is 2. The van der Waals surface area contributed by atoms with Crippen LogP contribution in [0.25, 0.3) is 0 Å². The molecule has 1 fully saturated rings. The summed E-state index contributed by atoms with van der Waals surface area (Å²) in [4.78, 5) is 27.5. The van der Waals surface area contributed by atoms with E-state index in [1.807, 2.05) is 4.90 Å². The van der Waals surface area contributed by atoms with Gasteiger partial charge < -0.3 is 15.4 Å². The van der Waals surface area contributed by atoms with Crippen LogP contribution in [-0.4, -0.2) is 49.1 Å². The third-order valence-electron chi connectivity index (χ3n) is 5.14. The van der Waals surface area contributed by atoms with E-state index < -0.39 is 12.8 Å². The van der Waals surface area contributed by atoms with Crippen LogP contribution in [0, 0.1) is 5.92 Å². The quantitative estimate of drug-likeness (QED) is 0.441. The number of hydrogen-bond acceptors (Lipinski definition) is 5. The van der Waals surface area contributed by atoms with Gasteiger partial charge in [-0.2, -0.15) is 13.2 Å². The van der Waals surface area contributed by atoms with Crippen LogP contribution in [0.3, 0.4) is 0 Å². The second-order valence-electron chi connectivity index (χ2n) is 8.15. The lowest BCUT2D eigenvalue weighted by Crippen LogP contribution is -2.32. The Kier molecular flexibility index (Phi) is 9.08. The molecule has 1 aliphatic rings. The number of ether oxygens (including phenoxy) is 1. The summed E-state index contributed by atoms with van der Waals surface area (Å²) in [5.74, 6) is -0.239. The lowest BCUT2D eigenvalue weighted by molar-refractivity contribution is -0.152. The van der Waals surface area contributed by atoms with Gasteiger partial charge in [-0.05, 0) is 56.1 Å². The van der Waals surface area contributed by atoms with Crippen LogP contribution in [0.1, 0.15) is 30.7 Å². The van der Waals surface area contributed by atoms with Gasteiger partial charge in [-0.3, -0.25) is 14.5 Å². The van der Waals surface area contributed by atoms with Gasteiger partial charge in [0.1, 0.15) is 0 Å². The number of alkyl halides is 3. The molecule has 1 aliphatic heterocycles. The number of nitrogens with zero attached hydrogens (tertiary/aromatic N) is 1. The normalized spacial score (nSPS) is 17.4. The van der Waals surface area contributed by atoms with Gasteiger partial charge in [-0.15, -0.1) is 11.3 Å². The molecule has 1 aromatic carbocycles. The predicted octanol–water partition coefficient (Wildman–Crippen LogP) is 5.52. The Morgan fingerprint density at radius 1 is 1.21 bits per heavy atom. The molecule has 6 nitrogen and oxygen atoms in total. The highest BCUT2D eigenvalue weighted by molar-refractivity contribution is 7.13. The van der Waals surface area contributed by atoms with Crippen molar-refractivity contribution in [2.24, 2.45) is 5.92 Å². The second kappa shape index (κ2) is 11.6. The standard InChI is InChI=1S/C22H24Cl2F3N3O3S/c1-13(18-2-3-21(34-18)33-12-22(25,26)27)28-19(31)6-14-4-5-30(10-14)11-20(32)29-17-8-15(23)7-16(24)9-17/h2-3,7-9,13-14H,4-6,10-12H2,1H3,(H,28,31)(H,29,32)/t13-,14-/m1/s1. The van der Waals surface area contributed by atoms with E-state index in [1.54, 1.807) is 31.2 Å². The maximum Gasteiger partial charge on any atom is 0.422 e. The van der Waals surface area contributed by atoms with Crippen LogP contribution in [-0.2, 0) is 9.59 Å². The van der Waals surface area contributed by atoms with Crippen molar-refractivity contribution in [3.63, 3.8) is 0 Å². The molecular formula is C22H24Cl2F3N3O3S. The van der Waals surface area contributed by atoms with E-state index in [1.165, 1.54) is 6.07 Å². The van der Waals surface area contributed by atoms with Crippen LogP contribution in [0.2, 0.25) is 10.0 Å². The van der Waals surface area contributed by atoms with Gasteiger partial charge in [-0.25, -0.2) is 0 Å². The molecule has 34 heavy (non-hydrogen) atoms. The Bertz CT molecular complexity index is 999. The van der Waals surface area contributed by atoms with Crippen molar-refractivity contribution in [2.75, 3.05) is 31.6 Å². The molecule has 0 bridgehead atoms. The zero-order valence-electron chi connectivity index (χ0n) is 18.3. The number of nitrogens with one attached hydrogen (secondary N) is 2. The van der Waals surface area contributed by atoms with E-state index in [4.69, 9.17) is 27.9 Å². The number of rotatable bonds is 9. The third-order valence-corrected chi connectivity index (χ3v) is 6.76. The van der Waals surface area contributed by atoms with E-state index in [2.05, 4.69) is 10.6 Å². The van der Waals surface area contributed by atoms with Gasteiger partial charge in [0, 0.05) is 33.6 Å². The van der Waals surface area contributed by atoms with Crippen LogP contribution in [0.15, 0.2) is 30.3 Å². The molecule has 0 aliphatic carbocycles. The van der Waals surface area contributed by atoms with E-state index in [9.17, 15) is 22.8 Å². The molecule has 1 saturated heterocycles. The van der Waals surface area contributed by atoms with Gasteiger partial charge in [0.05, 0.1) is 12.6 Å². The number of halogens is 5. The highest BCUT2D eigenvalue weighted by Gasteiger charge is 2.29. The molecule has 0 saturated carbocycles. The molecule has 2 aromatic rings. The molecule has 2 atom stereocenters. The fourth-order valence-corrected chi connectivity index (χ4v) is 5.07. The predicted molar refractivity (Wildman–Crippen MR) is 127 cm³/mol. The van der Waals surface area contributed by atoms with Crippen LogP contribution in [0.4, 0.5) is 18.9 Å². The molecule has 0 unspecified atom stereocenters. The van der Waals surface area contributed by atoms with Gasteiger partial charge >= 0.3 is 6.18 Å². The molecule has 12 heteroatoms. The second-order valence-corrected chi connectivity index (χ2v) is 10.1. The number of anilines is 1. The molecule has 2 heterocycles. The van der Waals surface area contributed by atoms with Crippen LogP contribution < -0.4 is 15.4 Å². The maximum absolute atomic E-state index is 12.5. The Hall–Kier alpha value is -2.01. The molecule has 1 aromatic heterocycles. The zero-order chi connectivity index (χ0) is 24.9. The minimum Gasteiger partial charge on any atom is -0.475 e. The highest BCUT2D eigenvalue weighted by atomic mass is 35.5. The Labute approximate surface area is 209 Å². The Morgan fingerprint density at radius 3 is 2.59 bits per heavy atom. The Balaban J connectivity index is 1.40. The lowest BCUT2D eigenvalue weighted by atomic mass is 10.0. The number of benzene rings is 1. The van der Waals surface area contributed by atoms with Crippen LogP contribution >= 0.6 is 34.5 Å². The smallest absolute Gasteiger partial charge is 0.422 e. The zero-order valence-corrected chi connectivity index (χ0v) is 20.6. The number of thiophene rings is 1. The average Bonchev–Trinajstić information content (AvgIpc) is 3.34. The first-order valence-corrected chi connectivity index (χ1v) is 12.1. The number of amides is 2. The van der Waals surface area contributed by atoms with Crippen molar-refractivity contribution in [2.45, 2.75) is 32.0 Å². The van der Waals surface area contributed by atoms with Gasteiger partial charge in [0.15, 0.2) is 11.7 Å². The Morgan fingerprint density at radius 2 is 1.91 bits per heavy atom. The van der Waals surface area contributed by atoms with Crippen molar-refractivity contribution < 1.29 is 27.5 Å². The third kappa shape index (κ3) is 8.65. The SMILES string of the molecule is C[C@@H](NC(=O)C[C@H]1CCN(CC(=O)Nc2cc(Cl)cc(Cl)c2)C1)c1ccc(OCC(F)(F)F)s1. The van der Waals surface area contributed by atoms with Gasteiger partial charge in [0.2, 0.25) is 11.8 Å².